The molecule has 1 heterocycles. The zero-order valence-corrected chi connectivity index (χ0v) is 9.87. The second kappa shape index (κ2) is 5.88. The molecule has 5 nitrogen and oxygen atoms in total. The Morgan fingerprint density at radius 3 is 2.75 bits per heavy atom. The monoisotopic (exact) mass is 248 g/mol. The van der Waals surface area contributed by atoms with Gasteiger partial charge in [0.1, 0.15) is 4.88 Å². The van der Waals surface area contributed by atoms with Crippen molar-refractivity contribution in [1.29, 1.82) is 0 Å². The Hall–Kier alpha value is -1.05. The minimum absolute atomic E-state index is 0.234. The lowest BCUT2D eigenvalue weighted by atomic mass is 10.4. The molecule has 0 aliphatic rings. The lowest BCUT2D eigenvalue weighted by molar-refractivity contribution is -0.583. The molecule has 1 unspecified atom stereocenters. The quantitative estimate of drug-likeness (QED) is 0.437. The Morgan fingerprint density at radius 1 is 1.62 bits per heavy atom. The zero-order valence-electron chi connectivity index (χ0n) is 9.05. The first-order valence-electron chi connectivity index (χ1n) is 4.65. The summed E-state index contributed by atoms with van der Waals surface area (Å²) in [6, 6.07) is 2.58. The van der Waals surface area contributed by atoms with Gasteiger partial charge in [-0.1, -0.05) is 0 Å². The first-order chi connectivity index (χ1) is 7.50. The van der Waals surface area contributed by atoms with Crippen molar-refractivity contribution in [1.82, 2.24) is 4.90 Å². The van der Waals surface area contributed by atoms with Crippen molar-refractivity contribution in [2.75, 3.05) is 27.2 Å². The van der Waals surface area contributed by atoms with Crippen LogP contribution in [0, 0.1) is 15.2 Å². The van der Waals surface area contributed by atoms with Crippen molar-refractivity contribution < 1.29 is 14.1 Å². The first kappa shape index (κ1) is 13.0. The highest BCUT2D eigenvalue weighted by Crippen LogP contribution is 2.25. The summed E-state index contributed by atoms with van der Waals surface area (Å²) in [6.45, 7) is 0.816. The van der Waals surface area contributed by atoms with Crippen LogP contribution in [0.25, 0.3) is 0 Å². The second-order valence-electron chi connectivity index (χ2n) is 3.45. The van der Waals surface area contributed by atoms with Crippen molar-refractivity contribution in [2.24, 2.45) is 0 Å². The molecule has 7 heteroatoms. The van der Waals surface area contributed by atoms with Crippen molar-refractivity contribution in [3.05, 3.63) is 32.3 Å². The number of hydrogen-bond acceptors (Lipinski definition) is 5. The van der Waals surface area contributed by atoms with Crippen molar-refractivity contribution in [2.45, 2.75) is 6.23 Å². The van der Waals surface area contributed by atoms with E-state index in [0.717, 1.165) is 11.3 Å². The number of nitro groups is 1. The van der Waals surface area contributed by atoms with Gasteiger partial charge in [0.25, 0.3) is 0 Å². The summed E-state index contributed by atoms with van der Waals surface area (Å²) in [6.07, 6.45) is -1.27. The van der Waals surface area contributed by atoms with Gasteiger partial charge in [-0.15, -0.1) is 11.3 Å². The van der Waals surface area contributed by atoms with Crippen molar-refractivity contribution in [3.8, 4) is 0 Å². The van der Waals surface area contributed by atoms with Gasteiger partial charge in [-0.05, 0) is 26.2 Å². The van der Waals surface area contributed by atoms with E-state index in [0.29, 0.717) is 6.54 Å². The maximum atomic E-state index is 12.7. The van der Waals surface area contributed by atoms with E-state index in [2.05, 4.69) is 0 Å². The smallest absolute Gasteiger partial charge is 0.311 e. The molecule has 1 aromatic heterocycles. The van der Waals surface area contributed by atoms with E-state index in [1.54, 1.807) is 0 Å². The molecule has 0 N–H and O–H groups in total. The third-order valence-electron chi connectivity index (χ3n) is 1.84. The van der Waals surface area contributed by atoms with Gasteiger partial charge in [0, 0.05) is 6.54 Å². The number of likely N-dealkylation sites (N-methyl/N-ethyl adjacent to an activating group) is 1. The molecule has 0 bridgehead atoms. The lowest BCUT2D eigenvalue weighted by Crippen LogP contribution is -2.22. The molecular formula is C9H13FN2O3S. The minimum atomic E-state index is -1.27. The molecule has 1 atom stereocenters. The van der Waals surface area contributed by atoms with Crippen LogP contribution < -0.4 is 0 Å². The Kier molecular flexibility index (Phi) is 4.78. The Labute approximate surface area is 96.6 Å². The molecule has 0 saturated carbocycles. The van der Waals surface area contributed by atoms with Crippen LogP contribution in [-0.2, 0) is 4.74 Å². The first-order valence-corrected chi connectivity index (χ1v) is 5.47. The molecule has 1 rings (SSSR count). The fraction of sp³-hybridized carbons (Fsp3) is 0.556. The van der Waals surface area contributed by atoms with E-state index in [1.807, 2.05) is 19.0 Å². The van der Waals surface area contributed by atoms with Crippen LogP contribution in [0.1, 0.15) is 11.1 Å². The van der Waals surface area contributed by atoms with Gasteiger partial charge in [0.05, 0.1) is 11.5 Å². The maximum absolute atomic E-state index is 12.7. The summed E-state index contributed by atoms with van der Waals surface area (Å²) in [5.74, 6) is 0. The van der Waals surface area contributed by atoms with Gasteiger partial charge in [-0.25, -0.2) is 0 Å². The third kappa shape index (κ3) is 3.84. The van der Waals surface area contributed by atoms with Crippen LogP contribution >= 0.6 is 11.3 Å². The van der Waals surface area contributed by atoms with Gasteiger partial charge in [0.2, 0.25) is 0 Å². The number of nitrogens with zero attached hydrogens (tertiary/aromatic N) is 2. The Bertz CT molecular complexity index is 356. The molecule has 0 aliphatic heterocycles. The molecule has 0 amide bonds. The average molecular weight is 248 g/mol. The van der Waals surface area contributed by atoms with E-state index in [4.69, 9.17) is 4.74 Å². The van der Waals surface area contributed by atoms with Gasteiger partial charge < -0.3 is 9.64 Å². The number of halogens is 1. The highest BCUT2D eigenvalue weighted by Gasteiger charge is 2.25. The molecule has 0 saturated heterocycles. The molecule has 0 aromatic carbocycles. The summed E-state index contributed by atoms with van der Waals surface area (Å²) in [5, 5.41) is 10.3. The standard InChI is InChI=1S/C9H13FN2O3S/c1-11(2)5-6-15-9(12(13)14)7-3-4-8(10)16-7/h3-4,9H,5-6H2,1-2H3. The number of thiophene rings is 1. The lowest BCUT2D eigenvalue weighted by Gasteiger charge is -2.12. The Morgan fingerprint density at radius 2 is 2.31 bits per heavy atom. The molecular weight excluding hydrogens is 235 g/mol. The maximum Gasteiger partial charge on any atom is 0.351 e. The molecule has 0 spiro atoms. The highest BCUT2D eigenvalue weighted by atomic mass is 32.1. The SMILES string of the molecule is CN(C)CCOC(c1ccc(F)s1)[N+](=O)[O-]. The predicted molar refractivity (Wildman–Crippen MR) is 58.5 cm³/mol. The van der Waals surface area contributed by atoms with E-state index < -0.39 is 16.3 Å². The largest absolute Gasteiger partial charge is 0.351 e. The van der Waals surface area contributed by atoms with Crippen molar-refractivity contribution in [3.63, 3.8) is 0 Å². The second-order valence-corrected chi connectivity index (χ2v) is 4.52. The number of rotatable bonds is 6. The van der Waals surface area contributed by atoms with E-state index >= 15 is 0 Å². The fourth-order valence-electron chi connectivity index (χ4n) is 1.05. The number of hydrogen-bond donors (Lipinski definition) is 0. The van der Waals surface area contributed by atoms with E-state index in [9.17, 15) is 14.5 Å². The summed E-state index contributed by atoms with van der Waals surface area (Å²) in [4.78, 5) is 12.3. The molecule has 16 heavy (non-hydrogen) atoms. The van der Waals surface area contributed by atoms with Gasteiger partial charge in [-0.3, -0.25) is 10.1 Å². The topological polar surface area (TPSA) is 55.6 Å². The summed E-state index contributed by atoms with van der Waals surface area (Å²) in [7, 11) is 3.69. The highest BCUT2D eigenvalue weighted by molar-refractivity contribution is 7.10. The predicted octanol–water partition coefficient (Wildman–Crippen LogP) is 1.74. The Balaban J connectivity index is 2.58. The summed E-state index contributed by atoms with van der Waals surface area (Å²) in [5.41, 5.74) is 0. The molecule has 0 aliphatic carbocycles. The zero-order chi connectivity index (χ0) is 12.1. The molecule has 1 aromatic rings. The van der Waals surface area contributed by atoms with E-state index in [1.165, 1.54) is 12.1 Å². The average Bonchev–Trinajstić information content (AvgIpc) is 2.58. The fourth-order valence-corrected chi connectivity index (χ4v) is 1.81. The van der Waals surface area contributed by atoms with Crippen LogP contribution in [0.4, 0.5) is 4.39 Å². The summed E-state index contributed by atoms with van der Waals surface area (Å²) >= 11 is 0.736. The van der Waals surface area contributed by atoms with Crippen LogP contribution in [0.5, 0.6) is 0 Å². The third-order valence-corrected chi connectivity index (χ3v) is 2.75. The van der Waals surface area contributed by atoms with Crippen LogP contribution in [0.15, 0.2) is 12.1 Å². The van der Waals surface area contributed by atoms with Crippen LogP contribution in [0.2, 0.25) is 0 Å². The normalized spacial score (nSPS) is 13.0. The van der Waals surface area contributed by atoms with Gasteiger partial charge in [0.15, 0.2) is 5.13 Å². The van der Waals surface area contributed by atoms with Crippen LogP contribution in [0.3, 0.4) is 0 Å². The van der Waals surface area contributed by atoms with Crippen LogP contribution in [-0.4, -0.2) is 37.1 Å². The minimum Gasteiger partial charge on any atom is -0.311 e. The number of ether oxygens (including phenoxy) is 1. The van der Waals surface area contributed by atoms with Crippen molar-refractivity contribution >= 4 is 11.3 Å². The van der Waals surface area contributed by atoms with Gasteiger partial charge >= 0.3 is 6.23 Å². The molecule has 0 fully saturated rings. The molecule has 90 valence electrons. The van der Waals surface area contributed by atoms with E-state index in [-0.39, 0.29) is 11.5 Å². The van der Waals surface area contributed by atoms with Gasteiger partial charge in [-0.2, -0.15) is 4.39 Å². The summed E-state index contributed by atoms with van der Waals surface area (Å²) < 4.78 is 17.9. The molecule has 0 radical (unpaired) electrons.